The van der Waals surface area contributed by atoms with Gasteiger partial charge in [0.1, 0.15) is 11.6 Å². The Hall–Kier alpha value is -1.81. The maximum absolute atomic E-state index is 5.26. The predicted molar refractivity (Wildman–Crippen MR) is 56.1 cm³/mol. The molecular weight excluding hydrogens is 178 g/mol. The number of nitrogen functional groups attached to an aromatic ring is 1. The van der Waals surface area contributed by atoms with Gasteiger partial charge in [0.05, 0.1) is 7.11 Å². The van der Waals surface area contributed by atoms with Crippen molar-refractivity contribution in [1.29, 1.82) is 0 Å². The van der Waals surface area contributed by atoms with Crippen LogP contribution in [0, 0.1) is 0 Å². The minimum absolute atomic E-state index is 0.655. The maximum Gasteiger partial charge on any atom is 0.140 e. The zero-order valence-electron chi connectivity index (χ0n) is 7.82. The fourth-order valence-corrected chi connectivity index (χ4v) is 1.33. The van der Waals surface area contributed by atoms with Crippen LogP contribution in [-0.4, -0.2) is 12.1 Å². The van der Waals surface area contributed by atoms with Gasteiger partial charge in [-0.3, -0.25) is 0 Å². The third-order valence-electron chi connectivity index (χ3n) is 2.08. The maximum atomic E-state index is 5.26. The van der Waals surface area contributed by atoms with Crippen molar-refractivity contribution in [3.8, 4) is 5.75 Å². The molecule has 1 heterocycles. The van der Waals surface area contributed by atoms with Crippen molar-refractivity contribution in [2.24, 2.45) is 5.84 Å². The van der Waals surface area contributed by atoms with Crippen molar-refractivity contribution in [3.05, 3.63) is 30.5 Å². The largest absolute Gasteiger partial charge is 0.497 e. The van der Waals surface area contributed by atoms with Gasteiger partial charge in [-0.05, 0) is 23.6 Å². The first-order valence-electron chi connectivity index (χ1n) is 4.24. The van der Waals surface area contributed by atoms with Crippen molar-refractivity contribution in [1.82, 2.24) is 4.98 Å². The van der Waals surface area contributed by atoms with Crippen molar-refractivity contribution in [2.45, 2.75) is 0 Å². The second-order valence-electron chi connectivity index (χ2n) is 2.93. The predicted octanol–water partition coefficient (Wildman–Crippen LogP) is 1.53. The zero-order valence-corrected chi connectivity index (χ0v) is 7.82. The van der Waals surface area contributed by atoms with Crippen LogP contribution in [0.15, 0.2) is 30.5 Å². The Kier molecular flexibility index (Phi) is 2.20. The van der Waals surface area contributed by atoms with E-state index < -0.39 is 0 Å². The number of benzene rings is 1. The van der Waals surface area contributed by atoms with Crippen LogP contribution in [0.1, 0.15) is 0 Å². The van der Waals surface area contributed by atoms with Crippen molar-refractivity contribution in [3.63, 3.8) is 0 Å². The lowest BCUT2D eigenvalue weighted by molar-refractivity contribution is 0.415. The van der Waals surface area contributed by atoms with Crippen LogP contribution >= 0.6 is 0 Å². The minimum atomic E-state index is 0.655. The van der Waals surface area contributed by atoms with Gasteiger partial charge < -0.3 is 10.2 Å². The average molecular weight is 189 g/mol. The van der Waals surface area contributed by atoms with Crippen LogP contribution in [0.5, 0.6) is 5.75 Å². The number of rotatable bonds is 2. The molecule has 4 heteroatoms. The van der Waals surface area contributed by atoms with E-state index in [0.29, 0.717) is 5.82 Å². The van der Waals surface area contributed by atoms with Gasteiger partial charge in [-0.1, -0.05) is 6.07 Å². The number of hydrazine groups is 1. The third kappa shape index (κ3) is 1.47. The first-order chi connectivity index (χ1) is 6.83. The second-order valence-corrected chi connectivity index (χ2v) is 2.93. The number of nitrogens with one attached hydrogen (secondary N) is 1. The molecule has 0 atom stereocenters. The van der Waals surface area contributed by atoms with E-state index in [4.69, 9.17) is 10.6 Å². The second kappa shape index (κ2) is 3.51. The Morgan fingerprint density at radius 2 is 2.14 bits per heavy atom. The molecule has 0 fully saturated rings. The molecule has 0 aliphatic heterocycles. The highest BCUT2D eigenvalue weighted by Crippen LogP contribution is 2.21. The van der Waals surface area contributed by atoms with E-state index in [1.807, 2.05) is 24.3 Å². The molecule has 2 aromatic rings. The summed E-state index contributed by atoms with van der Waals surface area (Å²) >= 11 is 0. The smallest absolute Gasteiger partial charge is 0.140 e. The highest BCUT2D eigenvalue weighted by Gasteiger charge is 1.98. The summed E-state index contributed by atoms with van der Waals surface area (Å²) in [5, 5.41) is 2.11. The van der Waals surface area contributed by atoms with Gasteiger partial charge in [0.2, 0.25) is 0 Å². The normalized spacial score (nSPS) is 10.1. The molecule has 0 aliphatic carbocycles. The molecule has 1 aromatic carbocycles. The zero-order chi connectivity index (χ0) is 9.97. The third-order valence-corrected chi connectivity index (χ3v) is 2.08. The minimum Gasteiger partial charge on any atom is -0.497 e. The number of ether oxygens (including phenoxy) is 1. The fourth-order valence-electron chi connectivity index (χ4n) is 1.33. The number of aromatic nitrogens is 1. The van der Waals surface area contributed by atoms with Crippen molar-refractivity contribution >= 4 is 16.6 Å². The Morgan fingerprint density at radius 1 is 1.29 bits per heavy atom. The van der Waals surface area contributed by atoms with Crippen LogP contribution in [0.2, 0.25) is 0 Å². The molecule has 0 radical (unpaired) electrons. The first kappa shape index (κ1) is 8.77. The molecule has 72 valence electrons. The molecule has 0 aliphatic rings. The van der Waals surface area contributed by atoms with Gasteiger partial charge in [-0.15, -0.1) is 0 Å². The number of hydrogen-bond donors (Lipinski definition) is 2. The van der Waals surface area contributed by atoms with Crippen LogP contribution in [0.4, 0.5) is 5.82 Å². The molecule has 3 N–H and O–H groups in total. The van der Waals surface area contributed by atoms with Crippen LogP contribution in [-0.2, 0) is 0 Å². The fraction of sp³-hybridized carbons (Fsp3) is 0.100. The lowest BCUT2D eigenvalue weighted by atomic mass is 10.1. The average Bonchev–Trinajstić information content (AvgIpc) is 2.27. The van der Waals surface area contributed by atoms with E-state index in [0.717, 1.165) is 16.5 Å². The summed E-state index contributed by atoms with van der Waals surface area (Å²) in [6.07, 6.45) is 1.76. The van der Waals surface area contributed by atoms with Crippen molar-refractivity contribution in [2.75, 3.05) is 12.5 Å². The summed E-state index contributed by atoms with van der Waals surface area (Å²) in [7, 11) is 1.64. The van der Waals surface area contributed by atoms with Gasteiger partial charge >= 0.3 is 0 Å². The molecule has 0 unspecified atom stereocenters. The number of anilines is 1. The molecule has 1 aromatic heterocycles. The number of fused-ring (bicyclic) bond motifs is 1. The lowest BCUT2D eigenvalue weighted by Crippen LogP contribution is -2.07. The number of pyridine rings is 1. The van der Waals surface area contributed by atoms with Gasteiger partial charge in [0.25, 0.3) is 0 Å². The molecule has 0 spiro atoms. The molecule has 0 bridgehead atoms. The molecule has 0 saturated carbocycles. The van der Waals surface area contributed by atoms with Gasteiger partial charge in [-0.25, -0.2) is 10.8 Å². The number of nitrogens with two attached hydrogens (primary N) is 1. The number of hydrogen-bond acceptors (Lipinski definition) is 4. The van der Waals surface area contributed by atoms with Crippen LogP contribution < -0.4 is 16.0 Å². The summed E-state index contributed by atoms with van der Waals surface area (Å²) in [5.41, 5.74) is 2.51. The number of methoxy groups -OCH3 is 1. The summed E-state index contributed by atoms with van der Waals surface area (Å²) in [4.78, 5) is 4.11. The van der Waals surface area contributed by atoms with Gasteiger partial charge in [0, 0.05) is 11.6 Å². The van der Waals surface area contributed by atoms with E-state index >= 15 is 0 Å². The Balaban J connectivity index is 2.57. The summed E-state index contributed by atoms with van der Waals surface area (Å²) in [6, 6.07) is 7.69. The van der Waals surface area contributed by atoms with E-state index in [-0.39, 0.29) is 0 Å². The van der Waals surface area contributed by atoms with Crippen molar-refractivity contribution < 1.29 is 4.74 Å². The molecule has 4 nitrogen and oxygen atoms in total. The quantitative estimate of drug-likeness (QED) is 0.555. The number of nitrogens with zero attached hydrogens (tertiary/aromatic N) is 1. The summed E-state index contributed by atoms with van der Waals surface area (Å²) < 4.78 is 5.11. The topological polar surface area (TPSA) is 60.2 Å². The van der Waals surface area contributed by atoms with E-state index in [1.165, 1.54) is 0 Å². The van der Waals surface area contributed by atoms with E-state index in [9.17, 15) is 0 Å². The molecule has 0 amide bonds. The highest BCUT2D eigenvalue weighted by molar-refractivity contribution is 5.85. The lowest BCUT2D eigenvalue weighted by Gasteiger charge is -2.03. The SMILES string of the molecule is COc1ccc2cc(NN)ncc2c1. The molecule has 2 rings (SSSR count). The molecule has 14 heavy (non-hydrogen) atoms. The highest BCUT2D eigenvalue weighted by atomic mass is 16.5. The van der Waals surface area contributed by atoms with E-state index in [2.05, 4.69) is 10.4 Å². The van der Waals surface area contributed by atoms with Gasteiger partial charge in [0.15, 0.2) is 0 Å². The first-order valence-corrected chi connectivity index (χ1v) is 4.24. The Morgan fingerprint density at radius 3 is 2.86 bits per heavy atom. The summed E-state index contributed by atoms with van der Waals surface area (Å²) in [5.74, 6) is 6.74. The monoisotopic (exact) mass is 189 g/mol. The van der Waals surface area contributed by atoms with Crippen LogP contribution in [0.3, 0.4) is 0 Å². The molecular formula is C10H11N3O. The van der Waals surface area contributed by atoms with E-state index in [1.54, 1.807) is 13.3 Å². The molecule has 0 saturated heterocycles. The standard InChI is InChI=1S/C10H11N3O/c1-14-9-3-2-7-5-10(13-11)12-6-8(7)4-9/h2-6H,11H2,1H3,(H,12,13). The Labute approximate surface area is 81.7 Å². The van der Waals surface area contributed by atoms with Crippen LogP contribution in [0.25, 0.3) is 10.8 Å². The summed E-state index contributed by atoms with van der Waals surface area (Å²) in [6.45, 7) is 0. The van der Waals surface area contributed by atoms with Gasteiger partial charge in [-0.2, -0.15) is 0 Å². The Bertz CT molecular complexity index is 413.